The summed E-state index contributed by atoms with van der Waals surface area (Å²) in [6, 6.07) is -0.393. The van der Waals surface area contributed by atoms with Crippen molar-refractivity contribution in [1.29, 1.82) is 0 Å². The van der Waals surface area contributed by atoms with Gasteiger partial charge in [0.1, 0.15) is 0 Å². The molecule has 0 saturated heterocycles. The number of esters is 1. The lowest BCUT2D eigenvalue weighted by molar-refractivity contribution is -0.138. The Morgan fingerprint density at radius 3 is 2.33 bits per heavy atom. The van der Waals surface area contributed by atoms with E-state index in [4.69, 9.17) is 4.74 Å². The number of rotatable bonds is 6. The van der Waals surface area contributed by atoms with Gasteiger partial charge in [0.15, 0.2) is 0 Å². The highest BCUT2D eigenvalue weighted by Crippen LogP contribution is 2.00. The van der Waals surface area contributed by atoms with Crippen LogP contribution in [0.4, 0.5) is 0 Å². The maximum atomic E-state index is 11.7. The molecule has 0 radical (unpaired) electrons. The topological polar surface area (TPSA) is 67.4 Å². The van der Waals surface area contributed by atoms with Crippen molar-refractivity contribution in [3.05, 3.63) is 12.2 Å². The Bertz CT molecular complexity index is 319. The summed E-state index contributed by atoms with van der Waals surface area (Å²) >= 11 is 0. The van der Waals surface area contributed by atoms with Crippen molar-refractivity contribution < 1.29 is 14.3 Å². The van der Waals surface area contributed by atoms with Crippen LogP contribution in [0.15, 0.2) is 12.2 Å². The first-order valence-corrected chi connectivity index (χ1v) is 6.07. The number of carbonyl (C=O) groups is 2. The SMILES string of the molecule is C=C(CNC(C)C(=O)NC(C)(C)C)C(=O)OCC. The van der Waals surface area contributed by atoms with Gasteiger partial charge in [0.25, 0.3) is 0 Å². The van der Waals surface area contributed by atoms with Crippen molar-refractivity contribution in [2.75, 3.05) is 13.2 Å². The number of amides is 1. The molecule has 1 atom stereocenters. The molecule has 0 aliphatic heterocycles. The molecule has 0 bridgehead atoms. The molecule has 0 heterocycles. The van der Waals surface area contributed by atoms with E-state index in [1.807, 2.05) is 20.8 Å². The third-order valence-corrected chi connectivity index (χ3v) is 2.08. The minimum absolute atomic E-state index is 0.112. The standard InChI is InChI=1S/C13H24N2O3/c1-7-18-12(17)9(2)8-14-10(3)11(16)15-13(4,5)6/h10,14H,2,7-8H2,1,3-6H3,(H,15,16). The minimum atomic E-state index is -0.437. The van der Waals surface area contributed by atoms with E-state index < -0.39 is 12.0 Å². The van der Waals surface area contributed by atoms with Crippen molar-refractivity contribution in [3.8, 4) is 0 Å². The first-order valence-electron chi connectivity index (χ1n) is 6.07. The highest BCUT2D eigenvalue weighted by atomic mass is 16.5. The average molecular weight is 256 g/mol. The van der Waals surface area contributed by atoms with Crippen LogP contribution in [0.5, 0.6) is 0 Å². The molecule has 0 aromatic heterocycles. The summed E-state index contributed by atoms with van der Waals surface area (Å²) in [6.07, 6.45) is 0. The molecule has 18 heavy (non-hydrogen) atoms. The Kier molecular flexibility index (Phi) is 6.62. The number of hydrogen-bond donors (Lipinski definition) is 2. The van der Waals surface area contributed by atoms with E-state index in [2.05, 4.69) is 17.2 Å². The fourth-order valence-electron chi connectivity index (χ4n) is 1.15. The van der Waals surface area contributed by atoms with Crippen molar-refractivity contribution in [1.82, 2.24) is 10.6 Å². The van der Waals surface area contributed by atoms with E-state index >= 15 is 0 Å². The van der Waals surface area contributed by atoms with Crippen LogP contribution in [-0.2, 0) is 14.3 Å². The molecular formula is C13H24N2O3. The molecular weight excluding hydrogens is 232 g/mol. The predicted octanol–water partition coefficient (Wildman–Crippen LogP) is 0.998. The van der Waals surface area contributed by atoms with Gasteiger partial charge in [-0.3, -0.25) is 4.79 Å². The molecule has 0 aliphatic rings. The van der Waals surface area contributed by atoms with Crippen molar-refractivity contribution in [2.24, 2.45) is 0 Å². The second kappa shape index (κ2) is 7.16. The fourth-order valence-corrected chi connectivity index (χ4v) is 1.15. The second-order valence-corrected chi connectivity index (χ2v) is 5.17. The molecule has 0 spiro atoms. The molecule has 0 aromatic carbocycles. The van der Waals surface area contributed by atoms with Crippen LogP contribution in [0.25, 0.3) is 0 Å². The summed E-state index contributed by atoms with van der Waals surface area (Å²) in [5.41, 5.74) is 0.0396. The molecule has 0 aliphatic carbocycles. The summed E-state index contributed by atoms with van der Waals surface area (Å²) in [6.45, 7) is 13.4. The number of ether oxygens (including phenoxy) is 1. The monoisotopic (exact) mass is 256 g/mol. The van der Waals surface area contributed by atoms with Gasteiger partial charge in [-0.1, -0.05) is 6.58 Å². The van der Waals surface area contributed by atoms with Crippen LogP contribution < -0.4 is 10.6 Å². The molecule has 104 valence electrons. The van der Waals surface area contributed by atoms with E-state index in [9.17, 15) is 9.59 Å². The average Bonchev–Trinajstić information content (AvgIpc) is 2.23. The summed E-state index contributed by atoms with van der Waals surface area (Å²) in [4.78, 5) is 23.0. The van der Waals surface area contributed by atoms with Crippen LogP contribution in [0, 0.1) is 0 Å². The Balaban J connectivity index is 4.10. The molecule has 2 N–H and O–H groups in total. The van der Waals surface area contributed by atoms with Gasteiger partial charge in [0.2, 0.25) is 5.91 Å². The maximum Gasteiger partial charge on any atom is 0.334 e. The molecule has 0 aromatic rings. The zero-order valence-electron chi connectivity index (χ0n) is 11.9. The predicted molar refractivity (Wildman–Crippen MR) is 71.1 cm³/mol. The van der Waals surface area contributed by atoms with Gasteiger partial charge >= 0.3 is 5.97 Å². The van der Waals surface area contributed by atoms with Gasteiger partial charge in [0, 0.05) is 17.7 Å². The lowest BCUT2D eigenvalue weighted by Gasteiger charge is -2.23. The summed E-state index contributed by atoms with van der Waals surface area (Å²) in [5.74, 6) is -0.549. The van der Waals surface area contributed by atoms with Gasteiger partial charge in [-0.2, -0.15) is 0 Å². The second-order valence-electron chi connectivity index (χ2n) is 5.17. The highest BCUT2D eigenvalue weighted by molar-refractivity contribution is 5.88. The van der Waals surface area contributed by atoms with Gasteiger partial charge in [-0.05, 0) is 34.6 Å². The summed E-state index contributed by atoms with van der Waals surface area (Å²) in [7, 11) is 0. The first kappa shape index (κ1) is 16.6. The lowest BCUT2D eigenvalue weighted by Crippen LogP contribution is -2.50. The number of hydrogen-bond acceptors (Lipinski definition) is 4. The molecule has 0 rings (SSSR count). The van der Waals surface area contributed by atoms with Crippen LogP contribution in [0.2, 0.25) is 0 Å². The Morgan fingerprint density at radius 2 is 1.89 bits per heavy atom. The molecule has 0 saturated carbocycles. The summed E-state index contributed by atoms with van der Waals surface area (Å²) in [5, 5.41) is 5.78. The fraction of sp³-hybridized carbons (Fsp3) is 0.692. The van der Waals surface area contributed by atoms with Crippen LogP contribution in [0.1, 0.15) is 34.6 Å². The molecule has 1 amide bonds. The zero-order valence-corrected chi connectivity index (χ0v) is 11.9. The first-order chi connectivity index (χ1) is 8.17. The zero-order chi connectivity index (χ0) is 14.3. The van der Waals surface area contributed by atoms with Crippen molar-refractivity contribution in [2.45, 2.75) is 46.2 Å². The minimum Gasteiger partial charge on any atom is -0.463 e. The third kappa shape index (κ3) is 7.06. The highest BCUT2D eigenvalue weighted by Gasteiger charge is 2.19. The quantitative estimate of drug-likeness (QED) is 0.549. The normalized spacial score (nSPS) is 12.7. The molecule has 5 nitrogen and oxygen atoms in total. The number of nitrogens with one attached hydrogen (secondary N) is 2. The van der Waals surface area contributed by atoms with Crippen molar-refractivity contribution >= 4 is 11.9 Å². The van der Waals surface area contributed by atoms with E-state index in [1.54, 1.807) is 13.8 Å². The lowest BCUT2D eigenvalue weighted by atomic mass is 10.1. The van der Waals surface area contributed by atoms with Crippen molar-refractivity contribution in [3.63, 3.8) is 0 Å². The van der Waals surface area contributed by atoms with E-state index in [0.29, 0.717) is 12.2 Å². The molecule has 1 unspecified atom stereocenters. The largest absolute Gasteiger partial charge is 0.463 e. The van der Waals surface area contributed by atoms with E-state index in [1.165, 1.54) is 0 Å². The number of carbonyl (C=O) groups excluding carboxylic acids is 2. The van der Waals surface area contributed by atoms with E-state index in [0.717, 1.165) is 0 Å². The van der Waals surface area contributed by atoms with Crippen LogP contribution in [-0.4, -0.2) is 36.6 Å². The van der Waals surface area contributed by atoms with E-state index in [-0.39, 0.29) is 18.0 Å². The molecule has 5 heteroatoms. The molecule has 0 fully saturated rings. The Morgan fingerprint density at radius 1 is 1.33 bits per heavy atom. The van der Waals surface area contributed by atoms with Crippen LogP contribution in [0.3, 0.4) is 0 Å². The van der Waals surface area contributed by atoms with Gasteiger partial charge in [0.05, 0.1) is 12.6 Å². The van der Waals surface area contributed by atoms with Crippen LogP contribution >= 0.6 is 0 Å². The van der Waals surface area contributed by atoms with Gasteiger partial charge in [-0.15, -0.1) is 0 Å². The Labute approximate surface area is 109 Å². The van der Waals surface area contributed by atoms with Gasteiger partial charge in [-0.25, -0.2) is 4.79 Å². The summed E-state index contributed by atoms with van der Waals surface area (Å²) < 4.78 is 4.80. The third-order valence-electron chi connectivity index (χ3n) is 2.08. The maximum absolute atomic E-state index is 11.7. The smallest absolute Gasteiger partial charge is 0.334 e. The Hall–Kier alpha value is -1.36. The van der Waals surface area contributed by atoms with Gasteiger partial charge < -0.3 is 15.4 Å².